The zero-order chi connectivity index (χ0) is 13.1. The van der Waals surface area contributed by atoms with Crippen molar-refractivity contribution in [2.45, 2.75) is 26.4 Å². The minimum absolute atomic E-state index is 0.179. The molecule has 7 heteroatoms. The van der Waals surface area contributed by atoms with Crippen LogP contribution in [0.15, 0.2) is 6.33 Å². The Morgan fingerprint density at radius 1 is 1.35 bits per heavy atom. The van der Waals surface area contributed by atoms with Gasteiger partial charge in [0.2, 0.25) is 0 Å². The van der Waals surface area contributed by atoms with E-state index in [4.69, 9.17) is 11.6 Å². The lowest BCUT2D eigenvalue weighted by molar-refractivity contribution is -0.119. The maximum absolute atomic E-state index is 12.4. The standard InChI is InChI=1S/C10H13ClF3N3/c1-3-4-17(5-10(12,13)14)9-7(2)8(11)15-6-16-9/h6H,3-5H2,1-2H3. The van der Waals surface area contributed by atoms with Gasteiger partial charge < -0.3 is 4.90 Å². The Kier molecular flexibility index (Phi) is 4.56. The minimum Gasteiger partial charge on any atom is -0.347 e. The van der Waals surface area contributed by atoms with Gasteiger partial charge in [-0.1, -0.05) is 18.5 Å². The summed E-state index contributed by atoms with van der Waals surface area (Å²) in [6.07, 6.45) is -2.50. The van der Waals surface area contributed by atoms with Crippen LogP contribution in [0.3, 0.4) is 0 Å². The van der Waals surface area contributed by atoms with E-state index in [0.717, 1.165) is 0 Å². The number of halogens is 4. The van der Waals surface area contributed by atoms with Crippen molar-refractivity contribution >= 4 is 17.4 Å². The molecule has 0 aromatic carbocycles. The zero-order valence-corrected chi connectivity index (χ0v) is 10.3. The smallest absolute Gasteiger partial charge is 0.347 e. The Morgan fingerprint density at radius 3 is 2.53 bits per heavy atom. The summed E-state index contributed by atoms with van der Waals surface area (Å²) < 4.78 is 37.3. The zero-order valence-electron chi connectivity index (χ0n) is 9.55. The van der Waals surface area contributed by atoms with Gasteiger partial charge in [-0.15, -0.1) is 0 Å². The number of hydrogen-bond donors (Lipinski definition) is 0. The van der Waals surface area contributed by atoms with Crippen molar-refractivity contribution < 1.29 is 13.2 Å². The third-order valence-electron chi connectivity index (χ3n) is 2.16. The highest BCUT2D eigenvalue weighted by atomic mass is 35.5. The van der Waals surface area contributed by atoms with Gasteiger partial charge in [0.15, 0.2) is 0 Å². The Balaban J connectivity index is 3.01. The normalized spacial score (nSPS) is 11.6. The molecule has 0 atom stereocenters. The lowest BCUT2D eigenvalue weighted by Gasteiger charge is -2.25. The molecule has 17 heavy (non-hydrogen) atoms. The van der Waals surface area contributed by atoms with Crippen molar-refractivity contribution in [1.29, 1.82) is 0 Å². The third-order valence-corrected chi connectivity index (χ3v) is 2.54. The summed E-state index contributed by atoms with van der Waals surface area (Å²) in [7, 11) is 0. The van der Waals surface area contributed by atoms with Crippen LogP contribution in [-0.2, 0) is 0 Å². The van der Waals surface area contributed by atoms with Crippen molar-refractivity contribution in [3.8, 4) is 0 Å². The van der Waals surface area contributed by atoms with E-state index in [1.165, 1.54) is 11.2 Å². The van der Waals surface area contributed by atoms with E-state index >= 15 is 0 Å². The van der Waals surface area contributed by atoms with Crippen LogP contribution < -0.4 is 4.90 Å². The molecule has 1 aromatic rings. The largest absolute Gasteiger partial charge is 0.405 e. The van der Waals surface area contributed by atoms with E-state index < -0.39 is 12.7 Å². The molecule has 0 fully saturated rings. The summed E-state index contributed by atoms with van der Waals surface area (Å²) in [6.45, 7) is 2.65. The first-order chi connectivity index (χ1) is 7.85. The molecule has 1 heterocycles. The first-order valence-electron chi connectivity index (χ1n) is 5.14. The Hall–Kier alpha value is -1.04. The van der Waals surface area contributed by atoms with Crippen LogP contribution in [0.25, 0.3) is 0 Å². The summed E-state index contributed by atoms with van der Waals surface area (Å²) in [6, 6.07) is 0. The maximum atomic E-state index is 12.4. The van der Waals surface area contributed by atoms with Gasteiger partial charge in [0, 0.05) is 12.1 Å². The Morgan fingerprint density at radius 2 is 2.00 bits per heavy atom. The predicted molar refractivity (Wildman–Crippen MR) is 60.3 cm³/mol. The fourth-order valence-corrected chi connectivity index (χ4v) is 1.61. The van der Waals surface area contributed by atoms with E-state index in [-0.39, 0.29) is 17.5 Å². The molecular weight excluding hydrogens is 255 g/mol. The molecule has 0 radical (unpaired) electrons. The molecule has 0 aliphatic heterocycles. The first kappa shape index (κ1) is 14.0. The van der Waals surface area contributed by atoms with Crippen molar-refractivity contribution in [2.75, 3.05) is 18.0 Å². The highest BCUT2D eigenvalue weighted by molar-refractivity contribution is 6.30. The highest BCUT2D eigenvalue weighted by Crippen LogP contribution is 2.25. The molecule has 0 N–H and O–H groups in total. The van der Waals surface area contributed by atoms with Gasteiger partial charge >= 0.3 is 6.18 Å². The molecule has 3 nitrogen and oxygen atoms in total. The van der Waals surface area contributed by atoms with E-state index in [2.05, 4.69) is 9.97 Å². The van der Waals surface area contributed by atoms with Crippen molar-refractivity contribution in [3.63, 3.8) is 0 Å². The number of nitrogens with zero attached hydrogens (tertiary/aromatic N) is 3. The molecule has 0 amide bonds. The molecule has 96 valence electrons. The van der Waals surface area contributed by atoms with Gasteiger partial charge in [0.25, 0.3) is 0 Å². The van der Waals surface area contributed by atoms with Crippen LogP contribution in [0.4, 0.5) is 19.0 Å². The highest BCUT2D eigenvalue weighted by Gasteiger charge is 2.31. The van der Waals surface area contributed by atoms with Gasteiger partial charge in [-0.2, -0.15) is 13.2 Å². The van der Waals surface area contributed by atoms with Crippen molar-refractivity contribution in [2.24, 2.45) is 0 Å². The topological polar surface area (TPSA) is 29.0 Å². The van der Waals surface area contributed by atoms with Crippen LogP contribution in [0.1, 0.15) is 18.9 Å². The molecule has 0 saturated heterocycles. The van der Waals surface area contributed by atoms with Gasteiger partial charge in [-0.05, 0) is 13.3 Å². The number of rotatable bonds is 4. The second-order valence-corrected chi connectivity index (χ2v) is 4.01. The molecule has 0 aliphatic rings. The molecule has 0 unspecified atom stereocenters. The molecule has 0 saturated carbocycles. The van der Waals surface area contributed by atoms with Crippen molar-refractivity contribution in [3.05, 3.63) is 17.0 Å². The average molecular weight is 268 g/mol. The molecule has 1 rings (SSSR count). The maximum Gasteiger partial charge on any atom is 0.405 e. The van der Waals surface area contributed by atoms with Crippen LogP contribution in [0.5, 0.6) is 0 Å². The van der Waals surface area contributed by atoms with E-state index in [9.17, 15) is 13.2 Å². The van der Waals surface area contributed by atoms with Crippen LogP contribution in [0, 0.1) is 6.92 Å². The van der Waals surface area contributed by atoms with Crippen molar-refractivity contribution in [1.82, 2.24) is 9.97 Å². The first-order valence-corrected chi connectivity index (χ1v) is 5.51. The van der Waals surface area contributed by atoms with Crippen LogP contribution >= 0.6 is 11.6 Å². The Bertz CT molecular complexity index is 382. The van der Waals surface area contributed by atoms with E-state index in [1.807, 2.05) is 6.92 Å². The summed E-state index contributed by atoms with van der Waals surface area (Å²) in [5, 5.41) is 0.179. The fraction of sp³-hybridized carbons (Fsp3) is 0.600. The Labute approximate surface area is 103 Å². The number of alkyl halides is 3. The van der Waals surface area contributed by atoms with Crippen LogP contribution in [-0.4, -0.2) is 29.2 Å². The molecular formula is C10H13ClF3N3. The molecule has 0 bridgehead atoms. The summed E-state index contributed by atoms with van der Waals surface area (Å²) in [4.78, 5) is 8.77. The van der Waals surface area contributed by atoms with Crippen LogP contribution in [0.2, 0.25) is 5.15 Å². The number of aromatic nitrogens is 2. The number of hydrogen-bond acceptors (Lipinski definition) is 3. The molecule has 0 spiro atoms. The van der Waals surface area contributed by atoms with Gasteiger partial charge in [0.1, 0.15) is 23.8 Å². The second kappa shape index (κ2) is 5.53. The lowest BCUT2D eigenvalue weighted by Crippen LogP contribution is -2.36. The van der Waals surface area contributed by atoms with Gasteiger partial charge in [-0.3, -0.25) is 0 Å². The SMILES string of the molecule is CCCN(CC(F)(F)F)c1ncnc(Cl)c1C. The molecule has 1 aromatic heterocycles. The quantitative estimate of drug-likeness (QED) is 0.785. The third kappa shape index (κ3) is 4.03. The van der Waals surface area contributed by atoms with E-state index in [0.29, 0.717) is 12.0 Å². The number of anilines is 1. The van der Waals surface area contributed by atoms with Gasteiger partial charge in [0.05, 0.1) is 0 Å². The lowest BCUT2D eigenvalue weighted by atomic mass is 10.3. The summed E-state index contributed by atoms with van der Waals surface area (Å²) in [5.41, 5.74) is 0.465. The summed E-state index contributed by atoms with van der Waals surface area (Å²) >= 11 is 5.77. The molecule has 0 aliphatic carbocycles. The van der Waals surface area contributed by atoms with E-state index in [1.54, 1.807) is 6.92 Å². The average Bonchev–Trinajstić information content (AvgIpc) is 2.19. The monoisotopic (exact) mass is 267 g/mol. The predicted octanol–water partition coefficient (Wildman–Crippen LogP) is 3.22. The van der Waals surface area contributed by atoms with Gasteiger partial charge in [-0.25, -0.2) is 9.97 Å². The summed E-state index contributed by atoms with van der Waals surface area (Å²) in [5.74, 6) is 0.240. The fourth-order valence-electron chi connectivity index (χ4n) is 1.49. The second-order valence-electron chi connectivity index (χ2n) is 3.65. The minimum atomic E-state index is -4.26.